The summed E-state index contributed by atoms with van der Waals surface area (Å²) in [5, 5.41) is 26.7. The van der Waals surface area contributed by atoms with Gasteiger partial charge in [-0.2, -0.15) is 5.26 Å². The summed E-state index contributed by atoms with van der Waals surface area (Å²) in [7, 11) is 0. The largest absolute Gasteiger partial charge is 0.465 e. The van der Waals surface area contributed by atoms with E-state index in [0.29, 0.717) is 6.42 Å². The minimum Gasteiger partial charge on any atom is -0.465 e. The van der Waals surface area contributed by atoms with E-state index in [4.69, 9.17) is 10.4 Å². The maximum absolute atomic E-state index is 10.7. The van der Waals surface area contributed by atoms with Gasteiger partial charge in [-0.05, 0) is 13.3 Å². The number of carbonyl (C=O) groups is 1. The summed E-state index contributed by atoms with van der Waals surface area (Å²) in [6, 6.07) is 1.16. The van der Waals surface area contributed by atoms with Crippen molar-refractivity contribution in [2.24, 2.45) is 0 Å². The van der Waals surface area contributed by atoms with Crippen LogP contribution in [0.25, 0.3) is 0 Å². The molecule has 0 aromatic rings. The van der Waals surface area contributed by atoms with Gasteiger partial charge in [-0.3, -0.25) is 4.90 Å². The van der Waals surface area contributed by atoms with Crippen LogP contribution in [-0.2, 0) is 0 Å². The molecule has 1 aliphatic rings. The molecule has 5 nitrogen and oxygen atoms in total. The zero-order chi connectivity index (χ0) is 10.0. The van der Waals surface area contributed by atoms with Crippen molar-refractivity contribution in [3.8, 4) is 6.07 Å². The van der Waals surface area contributed by atoms with Crippen LogP contribution in [0.4, 0.5) is 4.79 Å². The Bertz CT molecular complexity index is 248. The van der Waals surface area contributed by atoms with Gasteiger partial charge in [0.05, 0.1) is 30.7 Å². The summed E-state index contributed by atoms with van der Waals surface area (Å²) in [5.74, 6) is 0. The average molecular weight is 184 g/mol. The topological polar surface area (TPSA) is 84.6 Å². The lowest BCUT2D eigenvalue weighted by Gasteiger charge is -2.23. The lowest BCUT2D eigenvalue weighted by atomic mass is 10.1. The quantitative estimate of drug-likeness (QED) is 0.617. The number of nitrogens with zero attached hydrogens (tertiary/aromatic N) is 2. The molecule has 3 atom stereocenters. The number of rotatable bonds is 1. The van der Waals surface area contributed by atoms with E-state index in [2.05, 4.69) is 0 Å². The number of aliphatic hydroxyl groups is 1. The zero-order valence-corrected chi connectivity index (χ0v) is 7.34. The molecule has 1 saturated heterocycles. The SMILES string of the molecule is C[C@@H]1[C@H](O)C[C@@H](CC#N)N1C(=O)O. The molecule has 13 heavy (non-hydrogen) atoms. The highest BCUT2D eigenvalue weighted by atomic mass is 16.4. The van der Waals surface area contributed by atoms with Crippen molar-refractivity contribution in [2.75, 3.05) is 0 Å². The summed E-state index contributed by atoms with van der Waals surface area (Å²) in [6.07, 6.45) is -1.20. The van der Waals surface area contributed by atoms with Gasteiger partial charge in [0, 0.05) is 0 Å². The Morgan fingerprint density at radius 3 is 2.85 bits per heavy atom. The number of nitriles is 1. The molecule has 0 unspecified atom stereocenters. The fourth-order valence-corrected chi connectivity index (χ4v) is 1.72. The fraction of sp³-hybridized carbons (Fsp3) is 0.750. The highest BCUT2D eigenvalue weighted by molar-refractivity contribution is 5.66. The fourth-order valence-electron chi connectivity index (χ4n) is 1.72. The van der Waals surface area contributed by atoms with Gasteiger partial charge < -0.3 is 10.2 Å². The highest BCUT2D eigenvalue weighted by Crippen LogP contribution is 2.26. The Balaban J connectivity index is 2.75. The van der Waals surface area contributed by atoms with Crippen molar-refractivity contribution >= 4 is 6.09 Å². The van der Waals surface area contributed by atoms with Crippen LogP contribution in [0.3, 0.4) is 0 Å². The van der Waals surface area contributed by atoms with Crippen molar-refractivity contribution in [1.29, 1.82) is 5.26 Å². The first-order chi connectivity index (χ1) is 6.07. The molecule has 0 aromatic carbocycles. The lowest BCUT2D eigenvalue weighted by molar-refractivity contribution is 0.100. The van der Waals surface area contributed by atoms with Crippen LogP contribution < -0.4 is 0 Å². The number of carboxylic acid groups (broad SMARTS) is 1. The Kier molecular flexibility index (Phi) is 2.73. The molecule has 0 aliphatic carbocycles. The van der Waals surface area contributed by atoms with E-state index in [9.17, 15) is 9.90 Å². The Labute approximate surface area is 76.2 Å². The summed E-state index contributed by atoms with van der Waals surface area (Å²) in [4.78, 5) is 11.9. The van der Waals surface area contributed by atoms with Crippen molar-refractivity contribution in [3.63, 3.8) is 0 Å². The average Bonchev–Trinajstić information content (AvgIpc) is 2.28. The number of hydrogen-bond acceptors (Lipinski definition) is 3. The molecule has 1 heterocycles. The van der Waals surface area contributed by atoms with E-state index in [-0.39, 0.29) is 12.5 Å². The van der Waals surface area contributed by atoms with Gasteiger partial charge >= 0.3 is 6.09 Å². The molecule has 0 spiro atoms. The van der Waals surface area contributed by atoms with Crippen LogP contribution in [0, 0.1) is 11.3 Å². The predicted molar refractivity (Wildman–Crippen MR) is 44.0 cm³/mol. The Morgan fingerprint density at radius 2 is 2.38 bits per heavy atom. The lowest BCUT2D eigenvalue weighted by Crippen LogP contribution is -2.40. The molecule has 2 N–H and O–H groups in total. The number of amides is 1. The van der Waals surface area contributed by atoms with Crippen LogP contribution in [0.2, 0.25) is 0 Å². The van der Waals surface area contributed by atoms with Crippen molar-refractivity contribution < 1.29 is 15.0 Å². The van der Waals surface area contributed by atoms with Crippen LogP contribution in [0.15, 0.2) is 0 Å². The Morgan fingerprint density at radius 1 is 1.77 bits per heavy atom. The van der Waals surface area contributed by atoms with E-state index in [0.717, 1.165) is 4.90 Å². The normalized spacial score (nSPS) is 33.0. The van der Waals surface area contributed by atoms with E-state index in [1.807, 2.05) is 6.07 Å². The smallest absolute Gasteiger partial charge is 0.407 e. The van der Waals surface area contributed by atoms with Gasteiger partial charge in [0.1, 0.15) is 0 Å². The maximum Gasteiger partial charge on any atom is 0.407 e. The zero-order valence-electron chi connectivity index (χ0n) is 7.34. The van der Waals surface area contributed by atoms with E-state index >= 15 is 0 Å². The van der Waals surface area contributed by atoms with Gasteiger partial charge in [-0.25, -0.2) is 4.79 Å². The van der Waals surface area contributed by atoms with Gasteiger partial charge in [-0.1, -0.05) is 0 Å². The molecule has 72 valence electrons. The number of aliphatic hydroxyl groups excluding tert-OH is 1. The molecule has 1 aliphatic heterocycles. The number of likely N-dealkylation sites (tertiary alicyclic amines) is 1. The monoisotopic (exact) mass is 184 g/mol. The summed E-state index contributed by atoms with van der Waals surface area (Å²) < 4.78 is 0. The van der Waals surface area contributed by atoms with E-state index in [1.165, 1.54) is 0 Å². The second kappa shape index (κ2) is 3.62. The van der Waals surface area contributed by atoms with Crippen molar-refractivity contribution in [2.45, 2.75) is 38.0 Å². The highest BCUT2D eigenvalue weighted by Gasteiger charge is 2.40. The van der Waals surface area contributed by atoms with E-state index < -0.39 is 18.2 Å². The predicted octanol–water partition coefficient (Wildman–Crippen LogP) is 0.402. The van der Waals surface area contributed by atoms with Gasteiger partial charge in [0.15, 0.2) is 0 Å². The summed E-state index contributed by atoms with van der Waals surface area (Å²) in [6.45, 7) is 1.65. The summed E-state index contributed by atoms with van der Waals surface area (Å²) >= 11 is 0. The molecule has 0 bridgehead atoms. The van der Waals surface area contributed by atoms with Crippen molar-refractivity contribution in [3.05, 3.63) is 0 Å². The van der Waals surface area contributed by atoms with Crippen LogP contribution in [0.5, 0.6) is 0 Å². The third-order valence-electron chi connectivity index (χ3n) is 2.45. The molecule has 1 rings (SSSR count). The van der Waals surface area contributed by atoms with Crippen molar-refractivity contribution in [1.82, 2.24) is 4.90 Å². The molecule has 0 saturated carbocycles. The minimum atomic E-state index is -1.07. The third-order valence-corrected chi connectivity index (χ3v) is 2.45. The second-order valence-electron chi connectivity index (χ2n) is 3.25. The third kappa shape index (κ3) is 1.73. The maximum atomic E-state index is 10.7. The van der Waals surface area contributed by atoms with Gasteiger partial charge in [0.2, 0.25) is 0 Å². The molecular weight excluding hydrogens is 172 g/mol. The standard InChI is InChI=1S/C8H12N2O3/c1-5-7(11)4-6(2-3-9)10(5)8(12)13/h5-7,11H,2,4H2,1H3,(H,12,13)/t5-,6-,7-/m1/s1. The molecule has 0 aromatic heterocycles. The molecule has 1 fully saturated rings. The van der Waals surface area contributed by atoms with Gasteiger partial charge in [0.25, 0.3) is 0 Å². The molecule has 0 radical (unpaired) electrons. The molecule has 5 heteroatoms. The van der Waals surface area contributed by atoms with Gasteiger partial charge in [-0.15, -0.1) is 0 Å². The van der Waals surface area contributed by atoms with Crippen LogP contribution >= 0.6 is 0 Å². The minimum absolute atomic E-state index is 0.147. The summed E-state index contributed by atoms with van der Waals surface area (Å²) in [5.41, 5.74) is 0. The van der Waals surface area contributed by atoms with Crippen LogP contribution in [0.1, 0.15) is 19.8 Å². The van der Waals surface area contributed by atoms with E-state index in [1.54, 1.807) is 6.92 Å². The van der Waals surface area contributed by atoms with Crippen LogP contribution in [-0.4, -0.2) is 39.4 Å². The Hall–Kier alpha value is -1.28. The first-order valence-electron chi connectivity index (χ1n) is 4.14. The number of hydrogen-bond donors (Lipinski definition) is 2. The molecular formula is C8H12N2O3. The molecule has 1 amide bonds. The second-order valence-corrected chi connectivity index (χ2v) is 3.25. The first kappa shape index (κ1) is 9.81. The first-order valence-corrected chi connectivity index (χ1v) is 4.14.